The van der Waals surface area contributed by atoms with Gasteiger partial charge in [0.2, 0.25) is 5.88 Å². The highest BCUT2D eigenvalue weighted by Gasteiger charge is 2.31. The van der Waals surface area contributed by atoms with Gasteiger partial charge in [-0.1, -0.05) is 0 Å². The van der Waals surface area contributed by atoms with E-state index in [-0.39, 0.29) is 18.2 Å². The first kappa shape index (κ1) is 19.4. The number of nitrogens with zero attached hydrogens (tertiary/aromatic N) is 3. The van der Waals surface area contributed by atoms with Crippen molar-refractivity contribution in [2.24, 2.45) is 0 Å². The number of ether oxygens (including phenoxy) is 2. The third-order valence-electron chi connectivity index (χ3n) is 5.62. The van der Waals surface area contributed by atoms with E-state index in [2.05, 4.69) is 9.97 Å². The van der Waals surface area contributed by atoms with Gasteiger partial charge in [-0.05, 0) is 71.3 Å². The molecule has 1 fully saturated rings. The lowest BCUT2D eigenvalue weighted by molar-refractivity contribution is 0.0138. The summed E-state index contributed by atoms with van der Waals surface area (Å²) in [5.74, 6) is 0.744. The summed E-state index contributed by atoms with van der Waals surface area (Å²) in [4.78, 5) is 25.5. The lowest BCUT2D eigenvalue weighted by Gasteiger charge is -2.35. The van der Waals surface area contributed by atoms with Gasteiger partial charge < -0.3 is 14.4 Å². The van der Waals surface area contributed by atoms with Crippen molar-refractivity contribution in [3.8, 4) is 5.88 Å². The van der Waals surface area contributed by atoms with Crippen LogP contribution in [0.15, 0.2) is 6.33 Å². The average Bonchev–Trinajstić information content (AvgIpc) is 3.21. The molecule has 1 amide bonds. The second kappa shape index (κ2) is 7.50. The highest BCUT2D eigenvalue weighted by molar-refractivity contribution is 7.18. The van der Waals surface area contributed by atoms with E-state index in [0.29, 0.717) is 0 Å². The summed E-state index contributed by atoms with van der Waals surface area (Å²) in [6, 6.07) is 0.200. The minimum absolute atomic E-state index is 0.137. The molecule has 152 valence electrons. The smallest absolute Gasteiger partial charge is 0.410 e. The Bertz CT molecular complexity index is 866. The molecule has 0 unspecified atom stereocenters. The number of aromatic nitrogens is 2. The number of hydrogen-bond donors (Lipinski definition) is 0. The van der Waals surface area contributed by atoms with E-state index in [1.54, 1.807) is 22.6 Å². The van der Waals surface area contributed by atoms with Crippen LogP contribution in [0.3, 0.4) is 0 Å². The molecule has 1 saturated carbocycles. The van der Waals surface area contributed by atoms with Gasteiger partial charge in [0.15, 0.2) is 0 Å². The standard InChI is InChI=1S/C21H29N3O3S/c1-21(2,3)27-20(25)24(4)13-8-10-14(11-9-13)26-18-17-15-6-5-7-16(15)28-19(17)23-12-22-18/h12-14H,5-11H2,1-4H3. The molecule has 0 atom stereocenters. The molecule has 0 bridgehead atoms. The number of fused-ring (bicyclic) bond motifs is 3. The van der Waals surface area contributed by atoms with Crippen LogP contribution in [0.5, 0.6) is 5.88 Å². The SMILES string of the molecule is CN(C(=O)OC(C)(C)C)C1CCC(Oc2ncnc3sc4c(c23)CCC4)CC1. The van der Waals surface area contributed by atoms with Gasteiger partial charge in [-0.2, -0.15) is 0 Å². The highest BCUT2D eigenvalue weighted by Crippen LogP contribution is 2.40. The predicted molar refractivity (Wildman–Crippen MR) is 110 cm³/mol. The molecule has 2 aromatic rings. The molecule has 0 saturated heterocycles. The average molecular weight is 404 g/mol. The zero-order valence-electron chi connectivity index (χ0n) is 17.2. The lowest BCUT2D eigenvalue weighted by atomic mass is 9.92. The fourth-order valence-electron chi connectivity index (χ4n) is 4.18. The van der Waals surface area contributed by atoms with Crippen molar-refractivity contribution in [2.45, 2.75) is 83.5 Å². The molecule has 2 aromatic heterocycles. The Kier molecular flexibility index (Phi) is 5.21. The topological polar surface area (TPSA) is 64.6 Å². The number of amides is 1. The maximum absolute atomic E-state index is 12.3. The lowest BCUT2D eigenvalue weighted by Crippen LogP contribution is -2.43. The molecule has 7 heteroatoms. The zero-order valence-corrected chi connectivity index (χ0v) is 18.0. The molecule has 2 aliphatic carbocycles. The Balaban J connectivity index is 1.39. The number of carbonyl (C=O) groups is 1. The van der Waals surface area contributed by atoms with Gasteiger partial charge in [0.1, 0.15) is 22.9 Å². The quantitative estimate of drug-likeness (QED) is 0.741. The number of hydrogen-bond acceptors (Lipinski definition) is 6. The van der Waals surface area contributed by atoms with Crippen LogP contribution in [0.25, 0.3) is 10.2 Å². The number of aryl methyl sites for hydroxylation is 2. The Hall–Kier alpha value is -1.89. The molecular weight excluding hydrogens is 374 g/mol. The molecule has 0 radical (unpaired) electrons. The van der Waals surface area contributed by atoms with Gasteiger partial charge >= 0.3 is 6.09 Å². The van der Waals surface area contributed by atoms with Crippen LogP contribution in [0.1, 0.15) is 63.3 Å². The summed E-state index contributed by atoms with van der Waals surface area (Å²) in [5.41, 5.74) is 0.930. The van der Waals surface area contributed by atoms with Crippen molar-refractivity contribution in [3.63, 3.8) is 0 Å². The number of thiophene rings is 1. The van der Waals surface area contributed by atoms with Crippen LogP contribution in [0, 0.1) is 0 Å². The normalized spacial score (nSPS) is 22.1. The van der Waals surface area contributed by atoms with Gasteiger partial charge in [0.05, 0.1) is 5.39 Å². The van der Waals surface area contributed by atoms with Crippen LogP contribution in [0.2, 0.25) is 0 Å². The van der Waals surface area contributed by atoms with Crippen LogP contribution in [-0.4, -0.2) is 45.8 Å². The largest absolute Gasteiger partial charge is 0.474 e. The third-order valence-corrected chi connectivity index (χ3v) is 6.82. The second-order valence-electron chi connectivity index (χ2n) is 8.86. The zero-order chi connectivity index (χ0) is 19.9. The van der Waals surface area contributed by atoms with Crippen molar-refractivity contribution < 1.29 is 14.3 Å². The minimum Gasteiger partial charge on any atom is -0.474 e. The summed E-state index contributed by atoms with van der Waals surface area (Å²) in [6.07, 6.45) is 8.63. The summed E-state index contributed by atoms with van der Waals surface area (Å²) in [7, 11) is 1.84. The molecule has 2 heterocycles. The molecule has 28 heavy (non-hydrogen) atoms. The maximum atomic E-state index is 12.3. The van der Waals surface area contributed by atoms with E-state index < -0.39 is 5.60 Å². The Labute approximate surface area is 170 Å². The maximum Gasteiger partial charge on any atom is 0.410 e. The van der Waals surface area contributed by atoms with Gasteiger partial charge in [-0.3, -0.25) is 0 Å². The van der Waals surface area contributed by atoms with Crippen LogP contribution in [-0.2, 0) is 17.6 Å². The van der Waals surface area contributed by atoms with E-state index in [1.165, 1.54) is 16.9 Å². The third kappa shape index (κ3) is 3.95. The summed E-state index contributed by atoms with van der Waals surface area (Å²) in [6.45, 7) is 5.69. The Morgan fingerprint density at radius 1 is 1.18 bits per heavy atom. The van der Waals surface area contributed by atoms with E-state index in [9.17, 15) is 4.79 Å². The van der Waals surface area contributed by atoms with Crippen LogP contribution >= 0.6 is 11.3 Å². The molecule has 0 spiro atoms. The monoisotopic (exact) mass is 403 g/mol. The van der Waals surface area contributed by atoms with E-state index in [4.69, 9.17) is 9.47 Å². The first-order chi connectivity index (χ1) is 13.3. The van der Waals surface area contributed by atoms with Crippen molar-refractivity contribution in [2.75, 3.05) is 7.05 Å². The molecular formula is C21H29N3O3S. The van der Waals surface area contributed by atoms with Crippen LogP contribution < -0.4 is 4.74 Å². The van der Waals surface area contributed by atoms with Crippen molar-refractivity contribution in [1.29, 1.82) is 0 Å². The van der Waals surface area contributed by atoms with E-state index in [1.807, 2.05) is 27.8 Å². The van der Waals surface area contributed by atoms with Crippen molar-refractivity contribution in [1.82, 2.24) is 14.9 Å². The second-order valence-corrected chi connectivity index (χ2v) is 9.94. The van der Waals surface area contributed by atoms with E-state index in [0.717, 1.165) is 54.6 Å². The molecule has 6 nitrogen and oxygen atoms in total. The summed E-state index contributed by atoms with van der Waals surface area (Å²) in [5, 5.41) is 1.13. The van der Waals surface area contributed by atoms with Gasteiger partial charge in [-0.25, -0.2) is 14.8 Å². The molecule has 4 rings (SSSR count). The first-order valence-electron chi connectivity index (χ1n) is 10.2. The highest BCUT2D eigenvalue weighted by atomic mass is 32.1. The molecule has 0 aliphatic heterocycles. The summed E-state index contributed by atoms with van der Waals surface area (Å²) < 4.78 is 11.8. The Morgan fingerprint density at radius 2 is 1.93 bits per heavy atom. The van der Waals surface area contributed by atoms with Gasteiger partial charge in [-0.15, -0.1) is 11.3 Å². The fourth-order valence-corrected chi connectivity index (χ4v) is 5.40. The van der Waals surface area contributed by atoms with Gasteiger partial charge in [0.25, 0.3) is 0 Å². The number of rotatable bonds is 3. The molecule has 0 N–H and O–H groups in total. The number of carbonyl (C=O) groups excluding carboxylic acids is 1. The summed E-state index contributed by atoms with van der Waals surface area (Å²) >= 11 is 1.79. The van der Waals surface area contributed by atoms with E-state index >= 15 is 0 Å². The molecule has 0 aromatic carbocycles. The minimum atomic E-state index is -0.467. The Morgan fingerprint density at radius 3 is 2.64 bits per heavy atom. The molecule has 2 aliphatic rings. The van der Waals surface area contributed by atoms with Crippen molar-refractivity contribution >= 4 is 27.6 Å². The first-order valence-corrected chi connectivity index (χ1v) is 11.0. The van der Waals surface area contributed by atoms with Crippen LogP contribution in [0.4, 0.5) is 4.79 Å². The van der Waals surface area contributed by atoms with Gasteiger partial charge in [0, 0.05) is 18.0 Å². The fraction of sp³-hybridized carbons (Fsp3) is 0.667. The van der Waals surface area contributed by atoms with Crippen molar-refractivity contribution in [3.05, 3.63) is 16.8 Å². The predicted octanol–water partition coefficient (Wildman–Crippen LogP) is 4.74.